The first kappa shape index (κ1) is 15.0. The molecule has 0 aliphatic rings. The smallest absolute Gasteiger partial charge is 0.289 e. The molecule has 0 unspecified atom stereocenters. The number of hydrogen-bond donors (Lipinski definition) is 0. The largest absolute Gasteiger partial charge is 0.416 e. The van der Waals surface area contributed by atoms with Crippen molar-refractivity contribution < 1.29 is 18.0 Å². The van der Waals surface area contributed by atoms with Crippen LogP contribution in [0.4, 0.5) is 13.2 Å². The van der Waals surface area contributed by atoms with E-state index in [4.69, 9.17) is 11.6 Å². The molecule has 0 N–H and O–H groups in total. The number of halogens is 4. The summed E-state index contributed by atoms with van der Waals surface area (Å²) < 4.78 is 38.9. The van der Waals surface area contributed by atoms with Crippen LogP contribution in [-0.4, -0.2) is 5.24 Å². The lowest BCUT2D eigenvalue weighted by Crippen LogP contribution is -2.06. The fraction of sp³-hybridized carbons (Fsp3) is 0.0667. The zero-order chi connectivity index (χ0) is 16.1. The number of alkyl halides is 3. The monoisotopic (exact) mass is 342 g/mol. The Morgan fingerprint density at radius 2 is 1.59 bits per heavy atom. The lowest BCUT2D eigenvalue weighted by atomic mass is 10.1. The minimum absolute atomic E-state index is 0.191. The fourth-order valence-electron chi connectivity index (χ4n) is 2.15. The molecule has 0 bridgehead atoms. The highest BCUT2D eigenvalue weighted by Gasteiger charge is 2.30. The summed E-state index contributed by atoms with van der Waals surface area (Å²) in [7, 11) is 0. The van der Waals surface area contributed by atoms with Crippen LogP contribution in [0.5, 0.6) is 0 Å². The van der Waals surface area contributed by atoms with Gasteiger partial charge in [0.05, 0.1) is 5.56 Å². The number of fused-ring (bicyclic) bond motifs is 2. The lowest BCUT2D eigenvalue weighted by molar-refractivity contribution is -0.137. The molecule has 0 atom stereocenters. The molecule has 2 nitrogen and oxygen atoms in total. The summed E-state index contributed by atoms with van der Waals surface area (Å²) in [4.78, 5) is 23.5. The summed E-state index contributed by atoms with van der Waals surface area (Å²) in [6.45, 7) is 0. The quantitative estimate of drug-likeness (QED) is 0.469. The van der Waals surface area contributed by atoms with Gasteiger partial charge in [0, 0.05) is 25.7 Å². The van der Waals surface area contributed by atoms with Gasteiger partial charge in [-0.1, -0.05) is 0 Å². The molecule has 0 fully saturated rings. The minimum Gasteiger partial charge on any atom is -0.289 e. The second kappa shape index (κ2) is 5.07. The van der Waals surface area contributed by atoms with Crippen molar-refractivity contribution in [2.45, 2.75) is 6.18 Å². The number of carbonyl (C=O) groups excluding carboxylic acids is 1. The predicted molar refractivity (Wildman–Crippen MR) is 80.8 cm³/mol. The van der Waals surface area contributed by atoms with Crippen molar-refractivity contribution in [3.8, 4) is 0 Å². The number of rotatable bonds is 1. The standard InChI is InChI=1S/C15H6ClF3O2S/c16-14(21)7-1-3-9-11(5-7)22-12-6-8(15(17,18)19)2-4-10(12)13(9)20/h1-6H. The van der Waals surface area contributed by atoms with E-state index in [2.05, 4.69) is 0 Å². The second-order valence-electron chi connectivity index (χ2n) is 4.62. The van der Waals surface area contributed by atoms with E-state index >= 15 is 0 Å². The van der Waals surface area contributed by atoms with Crippen LogP contribution in [0.15, 0.2) is 41.2 Å². The van der Waals surface area contributed by atoms with Crippen LogP contribution in [0.3, 0.4) is 0 Å². The Bertz CT molecular complexity index is 976. The van der Waals surface area contributed by atoms with Gasteiger partial charge in [-0.3, -0.25) is 9.59 Å². The van der Waals surface area contributed by atoms with Crippen LogP contribution < -0.4 is 5.43 Å². The molecule has 2 aromatic carbocycles. The van der Waals surface area contributed by atoms with E-state index in [1.165, 1.54) is 24.3 Å². The molecule has 7 heteroatoms. The van der Waals surface area contributed by atoms with Crippen molar-refractivity contribution in [3.63, 3.8) is 0 Å². The molecule has 3 aromatic rings. The molecule has 0 aliphatic heterocycles. The lowest BCUT2D eigenvalue weighted by Gasteiger charge is -2.08. The van der Waals surface area contributed by atoms with Crippen molar-refractivity contribution >= 4 is 48.4 Å². The van der Waals surface area contributed by atoms with Crippen LogP contribution in [0, 0.1) is 0 Å². The molecule has 0 radical (unpaired) electrons. The molecule has 0 spiro atoms. The van der Waals surface area contributed by atoms with Crippen molar-refractivity contribution in [1.82, 2.24) is 0 Å². The summed E-state index contributed by atoms with van der Waals surface area (Å²) in [6.07, 6.45) is -4.48. The normalized spacial score (nSPS) is 12.0. The van der Waals surface area contributed by atoms with Gasteiger partial charge in [-0.25, -0.2) is 0 Å². The summed E-state index contributed by atoms with van der Waals surface area (Å²) in [5.74, 6) is 0. The van der Waals surface area contributed by atoms with Gasteiger partial charge in [0.15, 0.2) is 5.43 Å². The van der Waals surface area contributed by atoms with Crippen LogP contribution in [-0.2, 0) is 6.18 Å². The predicted octanol–water partition coefficient (Wildman–Crippen LogP) is 4.81. The summed E-state index contributed by atoms with van der Waals surface area (Å²) >= 11 is 6.40. The molecule has 0 saturated carbocycles. The fourth-order valence-corrected chi connectivity index (χ4v) is 3.42. The van der Waals surface area contributed by atoms with E-state index in [-0.39, 0.29) is 21.1 Å². The van der Waals surface area contributed by atoms with Gasteiger partial charge < -0.3 is 0 Å². The van der Waals surface area contributed by atoms with E-state index in [1.807, 2.05) is 0 Å². The van der Waals surface area contributed by atoms with E-state index in [1.54, 1.807) is 0 Å². The maximum Gasteiger partial charge on any atom is 0.416 e. The first-order valence-electron chi connectivity index (χ1n) is 6.05. The van der Waals surface area contributed by atoms with Crippen molar-refractivity contribution in [1.29, 1.82) is 0 Å². The second-order valence-corrected chi connectivity index (χ2v) is 6.05. The Morgan fingerprint density at radius 1 is 1.00 bits per heavy atom. The van der Waals surface area contributed by atoms with Gasteiger partial charge in [0.1, 0.15) is 0 Å². The van der Waals surface area contributed by atoms with Gasteiger partial charge in [0.25, 0.3) is 5.24 Å². The SMILES string of the molecule is O=C(Cl)c1ccc2c(=O)c3ccc(C(F)(F)F)cc3sc2c1. The molecule has 0 amide bonds. The van der Waals surface area contributed by atoms with E-state index in [9.17, 15) is 22.8 Å². The van der Waals surface area contributed by atoms with Gasteiger partial charge >= 0.3 is 6.18 Å². The maximum atomic E-state index is 12.8. The topological polar surface area (TPSA) is 34.1 Å². The third-order valence-electron chi connectivity index (χ3n) is 3.23. The maximum absolute atomic E-state index is 12.8. The molecular formula is C15H6ClF3O2S. The average molecular weight is 343 g/mol. The van der Waals surface area contributed by atoms with E-state index < -0.39 is 17.0 Å². The molecule has 0 saturated heterocycles. The Morgan fingerprint density at radius 3 is 2.18 bits per heavy atom. The number of hydrogen-bond acceptors (Lipinski definition) is 3. The Kier molecular flexibility index (Phi) is 3.45. The third kappa shape index (κ3) is 2.48. The molecule has 112 valence electrons. The van der Waals surface area contributed by atoms with Crippen LogP contribution in [0.1, 0.15) is 15.9 Å². The van der Waals surface area contributed by atoms with E-state index in [0.29, 0.717) is 10.1 Å². The number of benzene rings is 2. The third-order valence-corrected chi connectivity index (χ3v) is 4.56. The Hall–Kier alpha value is -1.92. The number of carbonyl (C=O) groups is 1. The van der Waals surface area contributed by atoms with Crippen molar-refractivity contribution in [3.05, 3.63) is 57.7 Å². The Balaban J connectivity index is 2.37. The first-order valence-corrected chi connectivity index (χ1v) is 7.24. The molecule has 1 heterocycles. The molecule has 0 aliphatic carbocycles. The van der Waals surface area contributed by atoms with Gasteiger partial charge in [-0.05, 0) is 48.0 Å². The van der Waals surface area contributed by atoms with Crippen LogP contribution in [0.25, 0.3) is 20.2 Å². The van der Waals surface area contributed by atoms with Crippen LogP contribution in [0.2, 0.25) is 0 Å². The molecule has 22 heavy (non-hydrogen) atoms. The van der Waals surface area contributed by atoms with Crippen LogP contribution >= 0.6 is 22.9 Å². The summed E-state index contributed by atoms with van der Waals surface area (Å²) in [6, 6.07) is 7.30. The molecular weight excluding hydrogens is 337 g/mol. The first-order chi connectivity index (χ1) is 10.3. The minimum atomic E-state index is -4.48. The molecule has 3 rings (SSSR count). The molecule has 1 aromatic heterocycles. The van der Waals surface area contributed by atoms with Gasteiger partial charge in [-0.2, -0.15) is 13.2 Å². The van der Waals surface area contributed by atoms with Crippen molar-refractivity contribution in [2.75, 3.05) is 0 Å². The highest BCUT2D eigenvalue weighted by atomic mass is 35.5. The highest BCUT2D eigenvalue weighted by molar-refractivity contribution is 7.24. The highest BCUT2D eigenvalue weighted by Crippen LogP contribution is 2.33. The van der Waals surface area contributed by atoms with E-state index in [0.717, 1.165) is 23.5 Å². The zero-order valence-corrected chi connectivity index (χ0v) is 12.3. The summed E-state index contributed by atoms with van der Waals surface area (Å²) in [5, 5.41) is -0.125. The zero-order valence-electron chi connectivity index (χ0n) is 10.7. The van der Waals surface area contributed by atoms with Gasteiger partial charge in [0.2, 0.25) is 0 Å². The summed E-state index contributed by atoms with van der Waals surface area (Å²) in [5.41, 5.74) is -0.998. The average Bonchev–Trinajstić information content (AvgIpc) is 2.45. The Labute approximate surface area is 130 Å². The van der Waals surface area contributed by atoms with Gasteiger partial charge in [-0.15, -0.1) is 11.3 Å². The van der Waals surface area contributed by atoms with Crippen molar-refractivity contribution in [2.24, 2.45) is 0 Å².